The van der Waals surface area contributed by atoms with E-state index in [1.54, 1.807) is 0 Å². The Morgan fingerprint density at radius 2 is 2.12 bits per heavy atom. The van der Waals surface area contributed by atoms with Crippen molar-refractivity contribution in [1.29, 1.82) is 0 Å². The molecule has 0 saturated heterocycles. The molecule has 8 heteroatoms. The maximum absolute atomic E-state index is 11.7. The van der Waals surface area contributed by atoms with Gasteiger partial charge in [-0.2, -0.15) is 0 Å². The molecule has 0 aliphatic heterocycles. The molecule has 2 rings (SSSR count). The number of carbonyl (C=O) groups is 3. The minimum atomic E-state index is -0.790. The molecule has 134 valence electrons. The van der Waals surface area contributed by atoms with Crippen LogP contribution in [0.15, 0.2) is 30.0 Å². The monoisotopic (exact) mass is 365 g/mol. The Morgan fingerprint density at radius 3 is 2.84 bits per heavy atom. The van der Waals surface area contributed by atoms with Crippen LogP contribution in [-0.4, -0.2) is 36.0 Å². The fourth-order valence-corrected chi connectivity index (χ4v) is 2.56. The van der Waals surface area contributed by atoms with Gasteiger partial charge >= 0.3 is 12.0 Å². The second-order valence-corrected chi connectivity index (χ2v) is 6.03. The molecule has 0 spiro atoms. The summed E-state index contributed by atoms with van der Waals surface area (Å²) in [7, 11) is 0. The maximum atomic E-state index is 11.7. The van der Waals surface area contributed by atoms with Gasteiger partial charge in [-0.1, -0.05) is 23.3 Å². The fourth-order valence-electron chi connectivity index (χ4n) is 2.40. The molecule has 2 N–H and O–H groups in total. The number of urea groups is 1. The molecule has 1 aromatic heterocycles. The number of ether oxygens (including phenoxy) is 1. The number of amides is 3. The molecule has 1 aromatic rings. The number of esters is 1. The highest BCUT2D eigenvalue weighted by atomic mass is 35.5. The Kier molecular flexibility index (Phi) is 7.40. The number of allylic oxidation sites excluding steroid dienone is 1. The van der Waals surface area contributed by atoms with Crippen molar-refractivity contribution in [3.05, 3.63) is 40.7 Å². The van der Waals surface area contributed by atoms with Crippen molar-refractivity contribution in [3.8, 4) is 0 Å². The molecular formula is C17H20ClN3O4. The van der Waals surface area contributed by atoms with Gasteiger partial charge in [-0.05, 0) is 44.2 Å². The van der Waals surface area contributed by atoms with Gasteiger partial charge in [-0.3, -0.25) is 10.1 Å². The van der Waals surface area contributed by atoms with Gasteiger partial charge in [-0.25, -0.2) is 14.6 Å². The zero-order valence-electron chi connectivity index (χ0n) is 13.7. The van der Waals surface area contributed by atoms with Gasteiger partial charge in [-0.15, -0.1) is 0 Å². The number of halogens is 1. The summed E-state index contributed by atoms with van der Waals surface area (Å²) in [5, 5.41) is 5.04. The number of nitrogens with zero attached hydrogens (tertiary/aromatic N) is 1. The third kappa shape index (κ3) is 6.93. The molecule has 1 heterocycles. The molecule has 0 atom stereocenters. The molecule has 0 radical (unpaired) electrons. The van der Waals surface area contributed by atoms with Crippen LogP contribution in [0.1, 0.15) is 42.6 Å². The molecule has 0 saturated carbocycles. The van der Waals surface area contributed by atoms with Crippen molar-refractivity contribution in [3.63, 3.8) is 0 Å². The lowest BCUT2D eigenvalue weighted by atomic mass is 9.97. The maximum Gasteiger partial charge on any atom is 0.357 e. The third-order valence-corrected chi connectivity index (χ3v) is 3.87. The van der Waals surface area contributed by atoms with Gasteiger partial charge in [0.25, 0.3) is 5.91 Å². The van der Waals surface area contributed by atoms with E-state index in [-0.39, 0.29) is 5.69 Å². The Labute approximate surface area is 150 Å². The topological polar surface area (TPSA) is 97.4 Å². The van der Waals surface area contributed by atoms with Crippen LogP contribution in [0.3, 0.4) is 0 Å². The van der Waals surface area contributed by atoms with Gasteiger partial charge in [0, 0.05) is 17.8 Å². The molecule has 7 nitrogen and oxygen atoms in total. The Balaban J connectivity index is 1.64. The highest BCUT2D eigenvalue weighted by Crippen LogP contribution is 2.19. The number of rotatable bonds is 6. The van der Waals surface area contributed by atoms with Crippen molar-refractivity contribution in [2.75, 3.05) is 13.2 Å². The summed E-state index contributed by atoms with van der Waals surface area (Å²) < 4.78 is 4.78. The van der Waals surface area contributed by atoms with E-state index in [0.717, 1.165) is 19.3 Å². The molecular weight excluding hydrogens is 346 g/mol. The molecule has 0 bridgehead atoms. The quantitative estimate of drug-likeness (QED) is 0.596. The van der Waals surface area contributed by atoms with Crippen LogP contribution in [0.4, 0.5) is 4.79 Å². The van der Waals surface area contributed by atoms with E-state index in [2.05, 4.69) is 21.7 Å². The molecule has 3 amide bonds. The second-order valence-electron chi connectivity index (χ2n) is 5.60. The number of pyridine rings is 1. The molecule has 0 fully saturated rings. The molecule has 0 unspecified atom stereocenters. The number of imide groups is 1. The number of nitrogens with one attached hydrogen (secondary N) is 2. The lowest BCUT2D eigenvalue weighted by Gasteiger charge is -2.13. The van der Waals surface area contributed by atoms with Crippen molar-refractivity contribution >= 4 is 29.5 Å². The van der Waals surface area contributed by atoms with E-state index >= 15 is 0 Å². The zero-order valence-corrected chi connectivity index (χ0v) is 14.5. The van der Waals surface area contributed by atoms with Crippen LogP contribution in [0, 0.1) is 0 Å². The number of hydrogen-bond donors (Lipinski definition) is 2. The highest BCUT2D eigenvalue weighted by Gasteiger charge is 2.14. The summed E-state index contributed by atoms with van der Waals surface area (Å²) in [6.45, 7) is -0.122. The summed E-state index contributed by atoms with van der Waals surface area (Å²) in [6.07, 6.45) is 8.89. The van der Waals surface area contributed by atoms with Crippen molar-refractivity contribution < 1.29 is 19.1 Å². The number of aromatic nitrogens is 1. The Bertz CT molecular complexity index is 676. The summed E-state index contributed by atoms with van der Waals surface area (Å²) in [6, 6.07) is 2.23. The lowest BCUT2D eigenvalue weighted by Crippen LogP contribution is -2.41. The summed E-state index contributed by atoms with van der Waals surface area (Å²) >= 11 is 5.74. The second kappa shape index (κ2) is 9.78. The molecule has 1 aliphatic rings. The minimum Gasteiger partial charge on any atom is -0.451 e. The largest absolute Gasteiger partial charge is 0.451 e. The van der Waals surface area contributed by atoms with Crippen LogP contribution in [0.5, 0.6) is 0 Å². The average Bonchev–Trinajstić information content (AvgIpc) is 2.60. The van der Waals surface area contributed by atoms with E-state index in [9.17, 15) is 14.4 Å². The van der Waals surface area contributed by atoms with Crippen LogP contribution in [-0.2, 0) is 9.53 Å². The number of carbonyl (C=O) groups excluding carboxylic acids is 3. The van der Waals surface area contributed by atoms with Crippen LogP contribution in [0.25, 0.3) is 0 Å². The predicted octanol–water partition coefficient (Wildman–Crippen LogP) is 2.61. The fraction of sp³-hybridized carbons (Fsp3) is 0.412. The van der Waals surface area contributed by atoms with Crippen molar-refractivity contribution in [2.45, 2.75) is 32.1 Å². The molecule has 0 aromatic carbocycles. The average molecular weight is 366 g/mol. The summed E-state index contributed by atoms with van der Waals surface area (Å²) in [5.74, 6) is -1.51. The first-order valence-electron chi connectivity index (χ1n) is 8.09. The van der Waals surface area contributed by atoms with Crippen LogP contribution >= 0.6 is 11.6 Å². The number of hydrogen-bond acceptors (Lipinski definition) is 5. The van der Waals surface area contributed by atoms with Crippen molar-refractivity contribution in [1.82, 2.24) is 15.6 Å². The van der Waals surface area contributed by atoms with Gasteiger partial charge < -0.3 is 10.1 Å². The summed E-state index contributed by atoms with van der Waals surface area (Å²) in [5.41, 5.74) is 1.33. The van der Waals surface area contributed by atoms with Gasteiger partial charge in [0.05, 0.1) is 0 Å². The first-order chi connectivity index (χ1) is 12.0. The smallest absolute Gasteiger partial charge is 0.357 e. The third-order valence-electron chi connectivity index (χ3n) is 3.64. The molecule has 1 aliphatic carbocycles. The van der Waals surface area contributed by atoms with Crippen molar-refractivity contribution in [2.24, 2.45) is 0 Å². The zero-order chi connectivity index (χ0) is 18.1. The van der Waals surface area contributed by atoms with E-state index in [4.69, 9.17) is 16.3 Å². The van der Waals surface area contributed by atoms with Crippen LogP contribution in [0.2, 0.25) is 5.02 Å². The normalized spacial score (nSPS) is 13.6. The standard InChI is InChI=1S/C17H20ClN3O4/c18-13-7-9-19-14(10-13)16(23)25-11-15(22)21-17(24)20-8-6-12-4-2-1-3-5-12/h4,7,9-10H,1-3,5-6,8,11H2,(H2,20,21,22,24). The van der Waals surface area contributed by atoms with E-state index < -0.39 is 24.5 Å². The van der Waals surface area contributed by atoms with E-state index in [1.165, 1.54) is 36.7 Å². The van der Waals surface area contributed by atoms with E-state index in [0.29, 0.717) is 11.6 Å². The van der Waals surface area contributed by atoms with Gasteiger partial charge in [0.1, 0.15) is 5.69 Å². The minimum absolute atomic E-state index is 0.00879. The van der Waals surface area contributed by atoms with Crippen LogP contribution < -0.4 is 10.6 Å². The first kappa shape index (κ1) is 18.9. The highest BCUT2D eigenvalue weighted by molar-refractivity contribution is 6.30. The lowest BCUT2D eigenvalue weighted by molar-refractivity contribution is -0.123. The first-order valence-corrected chi connectivity index (χ1v) is 8.46. The Morgan fingerprint density at radius 1 is 1.28 bits per heavy atom. The van der Waals surface area contributed by atoms with Gasteiger partial charge in [0.2, 0.25) is 0 Å². The van der Waals surface area contributed by atoms with E-state index in [1.807, 2.05) is 0 Å². The molecule has 25 heavy (non-hydrogen) atoms. The summed E-state index contributed by atoms with van der Waals surface area (Å²) in [4.78, 5) is 38.7. The van der Waals surface area contributed by atoms with Gasteiger partial charge in [0.15, 0.2) is 6.61 Å². The SMILES string of the molecule is O=C(COC(=O)c1cc(Cl)ccn1)NC(=O)NCCC1=CCCCC1. The Hall–Kier alpha value is -2.41. The predicted molar refractivity (Wildman–Crippen MR) is 92.2 cm³/mol.